The van der Waals surface area contributed by atoms with Crippen molar-refractivity contribution in [3.8, 4) is 0 Å². The lowest BCUT2D eigenvalue weighted by Crippen LogP contribution is -2.56. The fourth-order valence-corrected chi connectivity index (χ4v) is 12.7. The molecule has 2 spiro atoms. The van der Waals surface area contributed by atoms with Crippen molar-refractivity contribution in [2.24, 2.45) is 51.2 Å². The molecule has 0 radical (unpaired) electrons. The van der Waals surface area contributed by atoms with E-state index in [1.165, 1.54) is 38.5 Å². The predicted octanol–water partition coefficient (Wildman–Crippen LogP) is 5.62. The van der Waals surface area contributed by atoms with Gasteiger partial charge in [-0.15, -0.1) is 0 Å². The Labute approximate surface area is 258 Å². The van der Waals surface area contributed by atoms with E-state index in [0.29, 0.717) is 28.1 Å². The zero-order chi connectivity index (χ0) is 30.0. The van der Waals surface area contributed by atoms with Gasteiger partial charge in [0.1, 0.15) is 0 Å². The van der Waals surface area contributed by atoms with Crippen LogP contribution < -0.4 is 5.32 Å². The molecule has 0 aromatic rings. The fourth-order valence-electron chi connectivity index (χ4n) is 12.7. The quantitative estimate of drug-likeness (QED) is 0.384. The van der Waals surface area contributed by atoms with Crippen molar-refractivity contribution >= 4 is 5.97 Å². The van der Waals surface area contributed by atoms with Gasteiger partial charge in [0.05, 0.1) is 36.4 Å². The molecule has 2 saturated heterocycles. The Kier molecular flexibility index (Phi) is 6.82. The molecular weight excluding hydrogens is 542 g/mol. The fraction of sp³-hybridized carbons (Fsp3) is 0.972. The number of hydrogen-bond donors (Lipinski definition) is 2. The van der Waals surface area contributed by atoms with Crippen molar-refractivity contribution in [3.63, 3.8) is 0 Å². The lowest BCUT2D eigenvalue weighted by Gasteiger charge is -2.60. The first-order chi connectivity index (χ1) is 20.4. The molecule has 8 unspecified atom stereocenters. The van der Waals surface area contributed by atoms with Crippen LogP contribution in [0.2, 0.25) is 0 Å². The van der Waals surface area contributed by atoms with Crippen LogP contribution in [0.1, 0.15) is 112 Å². The molecule has 242 valence electrons. The third kappa shape index (κ3) is 4.40. The highest BCUT2D eigenvalue weighted by molar-refractivity contribution is 5.75. The van der Waals surface area contributed by atoms with Crippen LogP contribution in [0.3, 0.4) is 0 Å². The number of hydrogen-bond acceptors (Lipinski definition) is 7. The van der Waals surface area contributed by atoms with Gasteiger partial charge in [0.2, 0.25) is 0 Å². The van der Waals surface area contributed by atoms with Crippen molar-refractivity contribution in [1.82, 2.24) is 5.32 Å². The molecule has 2 heterocycles. The summed E-state index contributed by atoms with van der Waals surface area (Å²) in [7, 11) is 0. The Morgan fingerprint density at radius 3 is 2.47 bits per heavy atom. The number of nitrogens with one attached hydrogen (secondary N) is 1. The van der Waals surface area contributed by atoms with Gasteiger partial charge in [-0.3, -0.25) is 4.79 Å². The first-order valence-corrected chi connectivity index (χ1v) is 18.0. The zero-order valence-corrected chi connectivity index (χ0v) is 27.4. The van der Waals surface area contributed by atoms with Crippen LogP contribution in [-0.4, -0.2) is 67.1 Å². The maximum Gasteiger partial charge on any atom is 0.309 e. The first kappa shape index (κ1) is 29.7. The van der Waals surface area contributed by atoms with Crippen molar-refractivity contribution in [3.05, 3.63) is 0 Å². The molecule has 0 aromatic heterocycles. The van der Waals surface area contributed by atoms with Crippen LogP contribution in [0.4, 0.5) is 0 Å². The number of carbonyl (C=O) groups excluding carboxylic acids is 1. The summed E-state index contributed by atoms with van der Waals surface area (Å²) in [4.78, 5) is 12.7. The first-order valence-electron chi connectivity index (χ1n) is 18.0. The van der Waals surface area contributed by atoms with E-state index in [9.17, 15) is 9.90 Å². The minimum absolute atomic E-state index is 0.0239. The minimum Gasteiger partial charge on any atom is -0.456 e. The Balaban J connectivity index is 0.987. The van der Waals surface area contributed by atoms with Crippen LogP contribution >= 0.6 is 0 Å². The summed E-state index contributed by atoms with van der Waals surface area (Å²) in [5.74, 6) is 2.69. The highest BCUT2D eigenvalue weighted by Crippen LogP contribution is 2.87. The Hall–Kier alpha value is -0.730. The number of esters is 1. The molecule has 0 bridgehead atoms. The van der Waals surface area contributed by atoms with E-state index in [4.69, 9.17) is 18.9 Å². The van der Waals surface area contributed by atoms with Crippen molar-refractivity contribution in [1.29, 1.82) is 0 Å². The summed E-state index contributed by atoms with van der Waals surface area (Å²) in [6.07, 6.45) is 13.8. The molecule has 2 aliphatic heterocycles. The molecule has 0 aromatic carbocycles. The largest absolute Gasteiger partial charge is 0.456 e. The van der Waals surface area contributed by atoms with E-state index < -0.39 is 11.7 Å². The highest BCUT2D eigenvalue weighted by Gasteiger charge is 2.80. The highest BCUT2D eigenvalue weighted by atomic mass is 16.7. The van der Waals surface area contributed by atoms with Gasteiger partial charge in [-0.1, -0.05) is 20.8 Å². The summed E-state index contributed by atoms with van der Waals surface area (Å²) >= 11 is 0. The average molecular weight is 600 g/mol. The van der Waals surface area contributed by atoms with E-state index >= 15 is 0 Å². The standard InChI is InChI=1S/C36H57NO6/c1-32(2)27-11-9-22-24-18-26-23(8-10-25(41-26)30(33(3,4)39)43-31(38)21-6-7-21)34(24,5)14-15-35(22)20-36(27,35)13-12-28(32)42-29-19-37-16-17-40-29/h21-30,37,39H,6-20H2,1-5H3/t22?,23?,24?,25?,26?,27?,28-,29?,30-,34?,35-,36+/m0/s1. The molecule has 8 aliphatic rings. The van der Waals surface area contributed by atoms with E-state index in [2.05, 4.69) is 26.1 Å². The molecule has 0 amide bonds. The molecule has 12 atom stereocenters. The van der Waals surface area contributed by atoms with Gasteiger partial charge in [-0.2, -0.15) is 0 Å². The molecule has 2 N–H and O–H groups in total. The predicted molar refractivity (Wildman–Crippen MR) is 162 cm³/mol. The van der Waals surface area contributed by atoms with Gasteiger partial charge in [-0.25, -0.2) is 0 Å². The molecule has 6 saturated carbocycles. The van der Waals surface area contributed by atoms with E-state index in [1.807, 2.05) is 0 Å². The maximum absolute atomic E-state index is 12.7. The molecule has 6 aliphatic carbocycles. The second-order valence-corrected chi connectivity index (χ2v) is 17.7. The Morgan fingerprint density at radius 1 is 0.953 bits per heavy atom. The molecule has 8 rings (SSSR count). The van der Waals surface area contributed by atoms with Gasteiger partial charge >= 0.3 is 5.97 Å². The summed E-state index contributed by atoms with van der Waals surface area (Å²) in [6.45, 7) is 13.6. The lowest BCUT2D eigenvalue weighted by molar-refractivity contribution is -0.232. The number of rotatable bonds is 6. The van der Waals surface area contributed by atoms with Crippen molar-refractivity contribution in [2.75, 3.05) is 19.7 Å². The van der Waals surface area contributed by atoms with Gasteiger partial charge in [0.25, 0.3) is 0 Å². The van der Waals surface area contributed by atoms with Crippen LogP contribution in [0, 0.1) is 51.2 Å². The summed E-state index contributed by atoms with van der Waals surface area (Å²) in [5, 5.41) is 14.5. The number of morpholine rings is 1. The lowest BCUT2D eigenvalue weighted by atomic mass is 9.46. The van der Waals surface area contributed by atoms with Crippen LogP contribution in [-0.2, 0) is 23.7 Å². The number of aliphatic hydroxyl groups is 1. The number of ether oxygens (including phenoxy) is 4. The summed E-state index contributed by atoms with van der Waals surface area (Å²) < 4.78 is 25.6. The van der Waals surface area contributed by atoms with E-state index in [-0.39, 0.29) is 41.9 Å². The zero-order valence-electron chi connectivity index (χ0n) is 27.4. The van der Waals surface area contributed by atoms with Crippen LogP contribution in [0.5, 0.6) is 0 Å². The maximum atomic E-state index is 12.7. The third-order valence-corrected chi connectivity index (χ3v) is 15.0. The SMILES string of the molecule is CC12CC[C@@]34C[C@@]35CC[C@H](OC3CNCCO3)C(C)(C)C5CCC4C1CC1OC([C@H](OC(=O)C3CC3)C(C)(C)O)CCC12. The minimum atomic E-state index is -1.12. The number of fused-ring (bicyclic) bond motifs is 4. The van der Waals surface area contributed by atoms with Crippen molar-refractivity contribution < 1.29 is 28.8 Å². The second kappa shape index (κ2) is 9.89. The topological polar surface area (TPSA) is 86.3 Å². The second-order valence-electron chi connectivity index (χ2n) is 17.7. The van der Waals surface area contributed by atoms with E-state index in [1.54, 1.807) is 13.8 Å². The van der Waals surface area contributed by atoms with Crippen LogP contribution in [0.15, 0.2) is 0 Å². The molecule has 7 nitrogen and oxygen atoms in total. The molecule has 43 heavy (non-hydrogen) atoms. The Bertz CT molecular complexity index is 1110. The van der Waals surface area contributed by atoms with Gasteiger partial charge in [0.15, 0.2) is 12.4 Å². The van der Waals surface area contributed by atoms with Crippen molar-refractivity contribution in [2.45, 2.75) is 148 Å². The number of carbonyl (C=O) groups is 1. The average Bonchev–Trinajstić information content (AvgIpc) is 3.88. The van der Waals surface area contributed by atoms with Gasteiger partial charge in [0, 0.05) is 13.1 Å². The van der Waals surface area contributed by atoms with Gasteiger partial charge < -0.3 is 29.4 Å². The third-order valence-electron chi connectivity index (χ3n) is 15.0. The molecule has 8 fully saturated rings. The smallest absolute Gasteiger partial charge is 0.309 e. The van der Waals surface area contributed by atoms with Gasteiger partial charge in [-0.05, 0) is 136 Å². The monoisotopic (exact) mass is 599 g/mol. The van der Waals surface area contributed by atoms with E-state index in [0.717, 1.165) is 70.1 Å². The Morgan fingerprint density at radius 2 is 1.74 bits per heavy atom. The normalized spacial score (nSPS) is 50.7. The molecular formula is C36H57NO6. The summed E-state index contributed by atoms with van der Waals surface area (Å²) in [5.41, 5.74) is 0.381. The molecule has 7 heteroatoms. The van der Waals surface area contributed by atoms with Crippen LogP contribution in [0.25, 0.3) is 0 Å². The summed E-state index contributed by atoms with van der Waals surface area (Å²) in [6, 6.07) is 0.